The molecule has 0 saturated heterocycles. The third-order valence-corrected chi connectivity index (χ3v) is 2.89. The average molecular weight is 284 g/mol. The largest absolute Gasteiger partial charge is 0.338 e. The van der Waals surface area contributed by atoms with Gasteiger partial charge in [0.1, 0.15) is 5.78 Å². The zero-order valence-corrected chi connectivity index (χ0v) is 10.8. The second-order valence-electron chi connectivity index (χ2n) is 4.25. The van der Waals surface area contributed by atoms with Gasteiger partial charge in [-0.2, -0.15) is 4.98 Å². The molecule has 0 aliphatic rings. The van der Waals surface area contributed by atoms with Crippen molar-refractivity contribution in [3.05, 3.63) is 35.5 Å². The molecular formula is C13H11F3N2O2. The highest BCUT2D eigenvalue weighted by atomic mass is 19.2. The van der Waals surface area contributed by atoms with E-state index in [1.165, 1.54) is 0 Å². The molecule has 0 fully saturated rings. The van der Waals surface area contributed by atoms with Crippen molar-refractivity contribution < 1.29 is 22.5 Å². The molecule has 106 valence electrons. The Hall–Kier alpha value is -2.18. The summed E-state index contributed by atoms with van der Waals surface area (Å²) in [6.07, 6.45) is 0.304. The molecule has 7 heteroatoms. The van der Waals surface area contributed by atoms with Crippen LogP contribution in [-0.4, -0.2) is 15.9 Å². The summed E-state index contributed by atoms with van der Waals surface area (Å²) in [7, 11) is 0. The molecule has 0 bridgehead atoms. The van der Waals surface area contributed by atoms with Crippen molar-refractivity contribution in [1.29, 1.82) is 0 Å². The summed E-state index contributed by atoms with van der Waals surface area (Å²) < 4.78 is 44.0. The first kappa shape index (κ1) is 14.2. The fourth-order valence-electron chi connectivity index (χ4n) is 1.66. The maximum absolute atomic E-state index is 13.1. The molecule has 1 heterocycles. The van der Waals surface area contributed by atoms with Crippen molar-refractivity contribution in [1.82, 2.24) is 10.1 Å². The molecule has 0 aliphatic heterocycles. The lowest BCUT2D eigenvalue weighted by Gasteiger charge is -2.01. The van der Waals surface area contributed by atoms with Crippen molar-refractivity contribution in [3.63, 3.8) is 0 Å². The van der Waals surface area contributed by atoms with Gasteiger partial charge in [0.25, 0.3) is 0 Å². The highest BCUT2D eigenvalue weighted by Crippen LogP contribution is 2.24. The lowest BCUT2D eigenvalue weighted by Crippen LogP contribution is -2.07. The molecule has 4 nitrogen and oxygen atoms in total. The molecule has 0 saturated carbocycles. The summed E-state index contributed by atoms with van der Waals surface area (Å²) in [5.41, 5.74) is -0.0625. The number of ketones is 1. The zero-order valence-electron chi connectivity index (χ0n) is 10.8. The molecular weight excluding hydrogens is 273 g/mol. The van der Waals surface area contributed by atoms with Crippen LogP contribution in [0.2, 0.25) is 0 Å². The number of Topliss-reactive ketones (excluding diaryl/α,β-unsaturated/α-hetero) is 1. The minimum absolute atomic E-state index is 0.0528. The standard InChI is InChI=1S/C13H11F3N2O2/c1-3-10(19)6(2)13-17-12(18-20-13)7-4-8(14)11(16)9(15)5-7/h4-6H,3H2,1-2H3. The minimum Gasteiger partial charge on any atom is -0.338 e. The van der Waals surface area contributed by atoms with Gasteiger partial charge in [-0.05, 0) is 19.1 Å². The van der Waals surface area contributed by atoms with E-state index in [1.807, 2.05) is 0 Å². The van der Waals surface area contributed by atoms with Crippen molar-refractivity contribution in [2.45, 2.75) is 26.2 Å². The number of nitrogens with zero attached hydrogens (tertiary/aromatic N) is 2. The topological polar surface area (TPSA) is 56.0 Å². The predicted molar refractivity (Wildman–Crippen MR) is 63.3 cm³/mol. The van der Waals surface area contributed by atoms with E-state index in [-0.39, 0.29) is 23.1 Å². The van der Waals surface area contributed by atoms with Gasteiger partial charge in [-0.15, -0.1) is 0 Å². The zero-order chi connectivity index (χ0) is 14.9. The Balaban J connectivity index is 2.36. The van der Waals surface area contributed by atoms with Crippen LogP contribution in [0.5, 0.6) is 0 Å². The predicted octanol–water partition coefficient (Wildman–Crippen LogP) is 3.24. The molecule has 1 aromatic heterocycles. The molecule has 0 amide bonds. The summed E-state index contributed by atoms with van der Waals surface area (Å²) in [4.78, 5) is 15.4. The molecule has 2 rings (SSSR count). The molecule has 2 aromatic rings. The van der Waals surface area contributed by atoms with Gasteiger partial charge < -0.3 is 4.52 Å². The monoisotopic (exact) mass is 284 g/mol. The second kappa shape index (κ2) is 5.44. The van der Waals surface area contributed by atoms with Crippen LogP contribution >= 0.6 is 0 Å². The van der Waals surface area contributed by atoms with Crippen LogP contribution < -0.4 is 0 Å². The lowest BCUT2D eigenvalue weighted by atomic mass is 10.1. The van der Waals surface area contributed by atoms with Crippen LogP contribution in [0.15, 0.2) is 16.7 Å². The van der Waals surface area contributed by atoms with Crippen LogP contribution in [0.25, 0.3) is 11.4 Å². The fourth-order valence-corrected chi connectivity index (χ4v) is 1.66. The van der Waals surface area contributed by atoms with E-state index < -0.39 is 23.4 Å². The number of benzene rings is 1. The summed E-state index contributed by atoms with van der Waals surface area (Å²) in [6, 6.07) is 1.53. The van der Waals surface area contributed by atoms with E-state index in [0.717, 1.165) is 12.1 Å². The second-order valence-corrected chi connectivity index (χ2v) is 4.25. The van der Waals surface area contributed by atoms with Crippen molar-refractivity contribution in [2.75, 3.05) is 0 Å². The van der Waals surface area contributed by atoms with E-state index in [1.54, 1.807) is 13.8 Å². The smallest absolute Gasteiger partial charge is 0.237 e. The molecule has 20 heavy (non-hydrogen) atoms. The lowest BCUT2D eigenvalue weighted by molar-refractivity contribution is -0.120. The van der Waals surface area contributed by atoms with Gasteiger partial charge in [0, 0.05) is 12.0 Å². The Morgan fingerprint density at radius 1 is 1.30 bits per heavy atom. The number of hydrogen-bond acceptors (Lipinski definition) is 4. The normalized spacial score (nSPS) is 12.4. The Bertz CT molecular complexity index is 632. The van der Waals surface area contributed by atoms with Crippen LogP contribution in [0.3, 0.4) is 0 Å². The maximum Gasteiger partial charge on any atom is 0.237 e. The van der Waals surface area contributed by atoms with Gasteiger partial charge in [0.15, 0.2) is 17.5 Å². The van der Waals surface area contributed by atoms with E-state index in [2.05, 4.69) is 10.1 Å². The van der Waals surface area contributed by atoms with E-state index in [0.29, 0.717) is 6.42 Å². The highest BCUT2D eigenvalue weighted by molar-refractivity contribution is 5.84. The average Bonchev–Trinajstić information content (AvgIpc) is 2.92. The Kier molecular flexibility index (Phi) is 3.87. The molecule has 0 spiro atoms. The number of carbonyl (C=O) groups excluding carboxylic acids is 1. The maximum atomic E-state index is 13.1. The van der Waals surface area contributed by atoms with Crippen LogP contribution in [-0.2, 0) is 4.79 Å². The molecule has 0 N–H and O–H groups in total. The first-order valence-corrected chi connectivity index (χ1v) is 5.95. The van der Waals surface area contributed by atoms with Crippen LogP contribution in [0.1, 0.15) is 32.1 Å². The number of aromatic nitrogens is 2. The number of rotatable bonds is 4. The summed E-state index contributed by atoms with van der Waals surface area (Å²) >= 11 is 0. The van der Waals surface area contributed by atoms with Gasteiger partial charge in [-0.3, -0.25) is 4.79 Å². The summed E-state index contributed by atoms with van der Waals surface area (Å²) in [6.45, 7) is 3.29. The quantitative estimate of drug-likeness (QED) is 0.809. The summed E-state index contributed by atoms with van der Waals surface area (Å²) in [5, 5.41) is 3.54. The first-order chi connectivity index (χ1) is 9.43. The molecule has 1 unspecified atom stereocenters. The van der Waals surface area contributed by atoms with Gasteiger partial charge in [0.05, 0.1) is 5.92 Å². The number of hydrogen-bond donors (Lipinski definition) is 0. The fraction of sp³-hybridized carbons (Fsp3) is 0.308. The molecule has 0 aliphatic carbocycles. The van der Waals surface area contributed by atoms with Gasteiger partial charge in [-0.1, -0.05) is 12.1 Å². The van der Waals surface area contributed by atoms with Crippen LogP contribution in [0.4, 0.5) is 13.2 Å². The van der Waals surface area contributed by atoms with E-state index in [4.69, 9.17) is 4.52 Å². The minimum atomic E-state index is -1.56. The third-order valence-electron chi connectivity index (χ3n) is 2.89. The van der Waals surface area contributed by atoms with Gasteiger partial charge >= 0.3 is 0 Å². The summed E-state index contributed by atoms with van der Waals surface area (Å²) in [5.74, 6) is -5.00. The molecule has 1 aromatic carbocycles. The van der Waals surface area contributed by atoms with E-state index >= 15 is 0 Å². The Morgan fingerprint density at radius 3 is 2.45 bits per heavy atom. The van der Waals surface area contributed by atoms with Crippen LogP contribution in [0, 0.1) is 17.5 Å². The SMILES string of the molecule is CCC(=O)C(C)c1nc(-c2cc(F)c(F)c(F)c2)no1. The van der Waals surface area contributed by atoms with Gasteiger partial charge in [-0.25, -0.2) is 13.2 Å². The van der Waals surface area contributed by atoms with Crippen molar-refractivity contribution in [3.8, 4) is 11.4 Å². The van der Waals surface area contributed by atoms with Gasteiger partial charge in [0.2, 0.25) is 11.7 Å². The number of halogens is 3. The molecule has 1 atom stereocenters. The van der Waals surface area contributed by atoms with E-state index in [9.17, 15) is 18.0 Å². The van der Waals surface area contributed by atoms with Crippen molar-refractivity contribution >= 4 is 5.78 Å². The number of carbonyl (C=O) groups is 1. The highest BCUT2D eigenvalue weighted by Gasteiger charge is 2.22. The molecule has 0 radical (unpaired) electrons. The third kappa shape index (κ3) is 2.56. The first-order valence-electron chi connectivity index (χ1n) is 5.95. The van der Waals surface area contributed by atoms with Crippen molar-refractivity contribution in [2.24, 2.45) is 0 Å². The Labute approximate surface area is 112 Å². The Morgan fingerprint density at radius 2 is 1.90 bits per heavy atom.